The third-order valence-corrected chi connectivity index (χ3v) is 2.75. The summed E-state index contributed by atoms with van der Waals surface area (Å²) in [5.41, 5.74) is 2.26. The van der Waals surface area contributed by atoms with Gasteiger partial charge in [-0.1, -0.05) is 19.8 Å². The molecule has 0 radical (unpaired) electrons. The Labute approximate surface area is 92.6 Å². The van der Waals surface area contributed by atoms with Crippen LogP contribution >= 0.6 is 0 Å². The number of aliphatic hydroxyl groups excluding tert-OH is 1. The van der Waals surface area contributed by atoms with Crippen LogP contribution in [-0.2, 0) is 13.2 Å². The number of pyridine rings is 1. The molecule has 0 aromatic carbocycles. The number of aryl methyl sites for hydroxylation is 2. The highest BCUT2D eigenvalue weighted by Gasteiger charge is 2.06. The molecule has 0 unspecified atom stereocenters. The lowest BCUT2D eigenvalue weighted by atomic mass is 10.2. The van der Waals surface area contributed by atoms with Crippen LogP contribution in [0, 0.1) is 6.92 Å². The van der Waals surface area contributed by atoms with Crippen molar-refractivity contribution in [2.45, 2.75) is 52.7 Å². The van der Waals surface area contributed by atoms with Crippen LogP contribution < -0.4 is 4.57 Å². The third kappa shape index (κ3) is 4.00. The molecule has 0 amide bonds. The van der Waals surface area contributed by atoms with Crippen molar-refractivity contribution < 1.29 is 9.67 Å². The van der Waals surface area contributed by atoms with E-state index in [1.807, 2.05) is 6.07 Å². The molecule has 2 nitrogen and oxygen atoms in total. The molecule has 1 aromatic rings. The van der Waals surface area contributed by atoms with Gasteiger partial charge in [0.2, 0.25) is 0 Å². The minimum Gasteiger partial charge on any atom is -0.391 e. The van der Waals surface area contributed by atoms with Crippen LogP contribution in [0.25, 0.3) is 0 Å². The van der Waals surface area contributed by atoms with Crippen molar-refractivity contribution >= 4 is 0 Å². The van der Waals surface area contributed by atoms with Gasteiger partial charge in [0.1, 0.15) is 6.54 Å². The highest BCUT2D eigenvalue weighted by Crippen LogP contribution is 2.01. The summed E-state index contributed by atoms with van der Waals surface area (Å²) in [6.45, 7) is 5.54. The topological polar surface area (TPSA) is 24.1 Å². The molecule has 84 valence electrons. The number of hydrogen-bond acceptors (Lipinski definition) is 1. The Morgan fingerprint density at radius 1 is 1.20 bits per heavy atom. The molecule has 1 N–H and O–H groups in total. The van der Waals surface area contributed by atoms with Crippen molar-refractivity contribution in [3.63, 3.8) is 0 Å². The quantitative estimate of drug-likeness (QED) is 0.563. The summed E-state index contributed by atoms with van der Waals surface area (Å²) in [6, 6.07) is 4.06. The number of unbranched alkanes of at least 4 members (excludes halogenated alkanes) is 3. The lowest BCUT2D eigenvalue weighted by molar-refractivity contribution is -0.703. The number of nitrogens with zero attached hydrogens (tertiary/aromatic N) is 1. The molecule has 0 spiro atoms. The average molecular weight is 208 g/mol. The van der Waals surface area contributed by atoms with E-state index in [9.17, 15) is 0 Å². The van der Waals surface area contributed by atoms with E-state index in [0.29, 0.717) is 0 Å². The average Bonchev–Trinajstić information content (AvgIpc) is 2.26. The van der Waals surface area contributed by atoms with Crippen LogP contribution in [0.2, 0.25) is 0 Å². The largest absolute Gasteiger partial charge is 0.391 e. The molecule has 2 heteroatoms. The van der Waals surface area contributed by atoms with Gasteiger partial charge in [-0.05, 0) is 12.5 Å². The Bertz CT molecular complexity index is 297. The standard InChI is InChI=1S/C13H22NO/c1-3-4-5-6-9-14-10-13(11-15)8-7-12(14)2/h7-8,10,15H,3-6,9,11H2,1-2H3/q+1. The van der Waals surface area contributed by atoms with E-state index < -0.39 is 0 Å². The predicted molar refractivity (Wildman–Crippen MR) is 61.4 cm³/mol. The third-order valence-electron chi connectivity index (χ3n) is 2.75. The normalized spacial score (nSPS) is 10.6. The van der Waals surface area contributed by atoms with Gasteiger partial charge < -0.3 is 5.11 Å². The van der Waals surface area contributed by atoms with Crippen molar-refractivity contribution in [1.82, 2.24) is 0 Å². The fraction of sp³-hybridized carbons (Fsp3) is 0.615. The lowest BCUT2D eigenvalue weighted by Crippen LogP contribution is -2.37. The zero-order valence-electron chi connectivity index (χ0n) is 9.87. The van der Waals surface area contributed by atoms with E-state index in [1.165, 1.54) is 31.4 Å². The summed E-state index contributed by atoms with van der Waals surface area (Å²) in [5, 5.41) is 9.05. The molecular weight excluding hydrogens is 186 g/mol. The van der Waals surface area contributed by atoms with Gasteiger partial charge in [-0.25, -0.2) is 4.57 Å². The summed E-state index contributed by atoms with van der Waals surface area (Å²) < 4.78 is 2.24. The molecule has 0 aliphatic carbocycles. The maximum Gasteiger partial charge on any atom is 0.178 e. The minimum atomic E-state index is 0.134. The Hall–Kier alpha value is -0.890. The summed E-state index contributed by atoms with van der Waals surface area (Å²) in [5.74, 6) is 0. The zero-order valence-corrected chi connectivity index (χ0v) is 9.87. The van der Waals surface area contributed by atoms with E-state index in [1.54, 1.807) is 0 Å². The molecule has 0 saturated heterocycles. The predicted octanol–water partition coefficient (Wildman–Crippen LogP) is 2.36. The van der Waals surface area contributed by atoms with Gasteiger partial charge in [0.05, 0.1) is 6.61 Å². The van der Waals surface area contributed by atoms with Crippen molar-refractivity contribution in [1.29, 1.82) is 0 Å². The first-order valence-corrected chi connectivity index (χ1v) is 5.87. The van der Waals surface area contributed by atoms with Crippen molar-refractivity contribution in [2.75, 3.05) is 0 Å². The maximum absolute atomic E-state index is 9.05. The first kappa shape index (κ1) is 12.2. The maximum atomic E-state index is 9.05. The second-order valence-electron chi connectivity index (χ2n) is 4.09. The molecule has 0 aliphatic rings. The lowest BCUT2D eigenvalue weighted by Gasteiger charge is -2.02. The molecule has 0 fully saturated rings. The molecule has 1 rings (SSSR count). The summed E-state index contributed by atoms with van der Waals surface area (Å²) in [7, 11) is 0. The number of hydrogen-bond donors (Lipinski definition) is 1. The smallest absolute Gasteiger partial charge is 0.178 e. The Morgan fingerprint density at radius 2 is 2.00 bits per heavy atom. The van der Waals surface area contributed by atoms with Crippen molar-refractivity contribution in [2.24, 2.45) is 0 Å². The number of aromatic nitrogens is 1. The van der Waals surface area contributed by atoms with E-state index >= 15 is 0 Å². The van der Waals surface area contributed by atoms with Gasteiger partial charge in [-0.3, -0.25) is 0 Å². The molecule has 15 heavy (non-hydrogen) atoms. The van der Waals surface area contributed by atoms with E-state index in [0.717, 1.165) is 12.1 Å². The molecule has 1 heterocycles. The molecule has 1 aromatic heterocycles. The molecule has 0 aliphatic heterocycles. The van der Waals surface area contributed by atoms with Gasteiger partial charge in [0, 0.05) is 25.0 Å². The first-order valence-electron chi connectivity index (χ1n) is 5.87. The molecule has 0 bridgehead atoms. The monoisotopic (exact) mass is 208 g/mol. The SMILES string of the molecule is CCCCCC[n+]1cc(CO)ccc1C. The van der Waals surface area contributed by atoms with Crippen LogP contribution in [0.1, 0.15) is 43.9 Å². The van der Waals surface area contributed by atoms with Crippen LogP contribution in [0.5, 0.6) is 0 Å². The van der Waals surface area contributed by atoms with E-state index in [4.69, 9.17) is 5.11 Å². The molecule has 0 saturated carbocycles. The van der Waals surface area contributed by atoms with Crippen LogP contribution in [-0.4, -0.2) is 5.11 Å². The second kappa shape index (κ2) is 6.57. The summed E-state index contributed by atoms with van der Waals surface area (Å²) in [6.07, 6.45) is 7.18. The van der Waals surface area contributed by atoms with Gasteiger partial charge >= 0.3 is 0 Å². The van der Waals surface area contributed by atoms with Crippen molar-refractivity contribution in [3.8, 4) is 0 Å². The van der Waals surface area contributed by atoms with Gasteiger partial charge in [-0.2, -0.15) is 0 Å². The van der Waals surface area contributed by atoms with Crippen LogP contribution in [0.4, 0.5) is 0 Å². The zero-order chi connectivity index (χ0) is 11.1. The summed E-state index contributed by atoms with van der Waals surface area (Å²) in [4.78, 5) is 0. The first-order chi connectivity index (χ1) is 7.27. The van der Waals surface area contributed by atoms with Crippen molar-refractivity contribution in [3.05, 3.63) is 29.6 Å². The van der Waals surface area contributed by atoms with Gasteiger partial charge in [0.25, 0.3) is 0 Å². The number of rotatable bonds is 6. The Morgan fingerprint density at radius 3 is 2.67 bits per heavy atom. The van der Waals surface area contributed by atoms with E-state index in [-0.39, 0.29) is 6.61 Å². The van der Waals surface area contributed by atoms with Gasteiger partial charge in [0.15, 0.2) is 11.9 Å². The fourth-order valence-corrected chi connectivity index (χ4v) is 1.71. The Balaban J connectivity index is 2.51. The minimum absolute atomic E-state index is 0.134. The van der Waals surface area contributed by atoms with E-state index in [2.05, 4.69) is 30.7 Å². The molecular formula is C13H22NO+. The van der Waals surface area contributed by atoms with Crippen LogP contribution in [0.15, 0.2) is 18.3 Å². The number of aliphatic hydroxyl groups is 1. The highest BCUT2D eigenvalue weighted by atomic mass is 16.3. The second-order valence-corrected chi connectivity index (χ2v) is 4.09. The van der Waals surface area contributed by atoms with Crippen LogP contribution in [0.3, 0.4) is 0 Å². The summed E-state index contributed by atoms with van der Waals surface area (Å²) >= 11 is 0. The molecule has 0 atom stereocenters. The Kier molecular flexibility index (Phi) is 5.33. The highest BCUT2D eigenvalue weighted by molar-refractivity contribution is 5.07. The van der Waals surface area contributed by atoms with Gasteiger partial charge in [-0.15, -0.1) is 0 Å². The fourth-order valence-electron chi connectivity index (χ4n) is 1.71.